The molecule has 0 saturated carbocycles. The van der Waals surface area contributed by atoms with Crippen molar-refractivity contribution in [3.63, 3.8) is 0 Å². The summed E-state index contributed by atoms with van der Waals surface area (Å²) in [6.07, 6.45) is 0. The Morgan fingerprint density at radius 3 is 1.81 bits per heavy atom. The second-order valence-corrected chi connectivity index (χ2v) is 13.6. The van der Waals surface area contributed by atoms with Crippen LogP contribution in [0.25, 0.3) is 104 Å². The topological polar surface area (TPSA) is 18.1 Å². The Hall–Kier alpha value is -6.90. The fourth-order valence-electron chi connectivity index (χ4n) is 8.49. The van der Waals surface area contributed by atoms with Crippen molar-refractivity contribution in [3.05, 3.63) is 188 Å². The van der Waals surface area contributed by atoms with E-state index in [1.54, 1.807) is 0 Å². The molecule has 11 rings (SSSR count). The molecule has 0 atom stereocenters. The first-order valence-corrected chi connectivity index (χ1v) is 17.9. The second kappa shape index (κ2) is 11.3. The second-order valence-electron chi connectivity index (χ2n) is 13.6. The molecule has 52 heavy (non-hydrogen) atoms. The largest absolute Gasteiger partial charge is 0.455 e. The van der Waals surface area contributed by atoms with Gasteiger partial charge in [0.2, 0.25) is 0 Å². The molecule has 2 aromatic heterocycles. The molecule has 9 aromatic carbocycles. The highest BCUT2D eigenvalue weighted by atomic mass is 16.3. The number of hydrogen-bond donors (Lipinski definition) is 0. The number of fused-ring (bicyclic) bond motifs is 8. The van der Waals surface area contributed by atoms with Crippen LogP contribution in [0.15, 0.2) is 192 Å². The molecule has 0 aliphatic heterocycles. The average molecular weight is 662 g/mol. The molecule has 0 N–H and O–H groups in total. The summed E-state index contributed by atoms with van der Waals surface area (Å²) in [4.78, 5) is 0. The van der Waals surface area contributed by atoms with Crippen LogP contribution < -0.4 is 0 Å². The highest BCUT2D eigenvalue weighted by molar-refractivity contribution is 6.30. The normalized spacial score (nSPS) is 11.8. The molecule has 0 bridgehead atoms. The SMILES string of the molecule is c1ccc(-n2c3ccccc3c3c(-c4c5ccccc5c(-c5ccc(-c6ccc7ccccc7c6)cc5)c5oc6ccccc6c45)cccc32)cc1. The minimum absolute atomic E-state index is 0.891. The molecule has 2 heterocycles. The van der Waals surface area contributed by atoms with E-state index in [1.807, 2.05) is 0 Å². The van der Waals surface area contributed by atoms with Crippen molar-refractivity contribution in [2.24, 2.45) is 0 Å². The quantitative estimate of drug-likeness (QED) is 0.184. The van der Waals surface area contributed by atoms with Crippen LogP contribution in [0.5, 0.6) is 0 Å². The molecule has 0 unspecified atom stereocenters. The summed E-state index contributed by atoms with van der Waals surface area (Å²) in [5.74, 6) is 0. The highest BCUT2D eigenvalue weighted by Crippen LogP contribution is 2.50. The van der Waals surface area contributed by atoms with E-state index in [9.17, 15) is 0 Å². The summed E-state index contributed by atoms with van der Waals surface area (Å²) in [6, 6.07) is 67.8. The van der Waals surface area contributed by atoms with Gasteiger partial charge in [0.15, 0.2) is 0 Å². The van der Waals surface area contributed by atoms with Crippen LogP contribution >= 0.6 is 0 Å². The van der Waals surface area contributed by atoms with E-state index < -0.39 is 0 Å². The van der Waals surface area contributed by atoms with Crippen molar-refractivity contribution in [1.82, 2.24) is 4.57 Å². The minimum atomic E-state index is 0.891. The highest BCUT2D eigenvalue weighted by Gasteiger charge is 2.25. The van der Waals surface area contributed by atoms with Gasteiger partial charge in [0, 0.05) is 38.4 Å². The average Bonchev–Trinajstić information content (AvgIpc) is 3.76. The molecule has 11 aromatic rings. The van der Waals surface area contributed by atoms with Gasteiger partial charge in [-0.25, -0.2) is 0 Å². The first kappa shape index (κ1) is 28.9. The predicted molar refractivity (Wildman–Crippen MR) is 219 cm³/mol. The van der Waals surface area contributed by atoms with Crippen LogP contribution in [-0.4, -0.2) is 4.57 Å². The molecule has 0 saturated heterocycles. The van der Waals surface area contributed by atoms with Crippen LogP contribution in [0.4, 0.5) is 0 Å². The van der Waals surface area contributed by atoms with Gasteiger partial charge in [-0.3, -0.25) is 0 Å². The molecule has 0 aliphatic carbocycles. The third-order valence-corrected chi connectivity index (χ3v) is 10.8. The minimum Gasteiger partial charge on any atom is -0.455 e. The van der Waals surface area contributed by atoms with Gasteiger partial charge in [-0.05, 0) is 80.2 Å². The number of furan rings is 1. The maximum atomic E-state index is 6.94. The summed E-state index contributed by atoms with van der Waals surface area (Å²) >= 11 is 0. The molecule has 0 radical (unpaired) electrons. The molecule has 2 nitrogen and oxygen atoms in total. The van der Waals surface area contributed by atoms with E-state index in [0.29, 0.717) is 0 Å². The van der Waals surface area contributed by atoms with Crippen LogP contribution in [0.2, 0.25) is 0 Å². The maximum Gasteiger partial charge on any atom is 0.144 e. The predicted octanol–water partition coefficient (Wildman–Crippen LogP) is 14.0. The number of para-hydroxylation sites is 3. The van der Waals surface area contributed by atoms with Gasteiger partial charge in [0.25, 0.3) is 0 Å². The van der Waals surface area contributed by atoms with Gasteiger partial charge in [-0.2, -0.15) is 0 Å². The van der Waals surface area contributed by atoms with Crippen LogP contribution in [0.3, 0.4) is 0 Å². The van der Waals surface area contributed by atoms with Crippen molar-refractivity contribution >= 4 is 65.3 Å². The van der Waals surface area contributed by atoms with Gasteiger partial charge >= 0.3 is 0 Å². The van der Waals surface area contributed by atoms with Crippen LogP contribution in [0, 0.1) is 0 Å². The standard InChI is InChI=1S/C50H31NO/c1-2-15-37(16-3-1)51-43-22-10-8-19-40(43)47-42(21-12-23-44(47)51)48-39-18-7-6-17-38(39)46(50-49(48)41-20-9-11-24-45(41)52-50)34-28-25-33(26-29-34)36-30-27-32-13-4-5-14-35(32)31-36/h1-31H. The lowest BCUT2D eigenvalue weighted by molar-refractivity contribution is 0.670. The van der Waals surface area contributed by atoms with Gasteiger partial charge in [-0.1, -0.05) is 152 Å². The lowest BCUT2D eigenvalue weighted by Crippen LogP contribution is -1.93. The Balaban J connectivity index is 1.21. The van der Waals surface area contributed by atoms with Crippen molar-refractivity contribution in [3.8, 4) is 39.1 Å². The smallest absolute Gasteiger partial charge is 0.144 e. The number of rotatable bonds is 4. The van der Waals surface area contributed by atoms with Crippen LogP contribution in [-0.2, 0) is 0 Å². The fraction of sp³-hybridized carbons (Fsp3) is 0. The van der Waals surface area contributed by atoms with E-state index in [2.05, 4.69) is 193 Å². The van der Waals surface area contributed by atoms with Crippen molar-refractivity contribution in [2.45, 2.75) is 0 Å². The Kier molecular flexibility index (Phi) is 6.28. The Bertz CT molecular complexity index is 3160. The van der Waals surface area contributed by atoms with E-state index in [1.165, 1.54) is 65.6 Å². The molecule has 242 valence electrons. The zero-order chi connectivity index (χ0) is 34.2. The molecule has 2 heteroatoms. The zero-order valence-corrected chi connectivity index (χ0v) is 28.3. The number of nitrogens with zero attached hydrogens (tertiary/aromatic N) is 1. The van der Waals surface area contributed by atoms with Crippen molar-refractivity contribution in [2.75, 3.05) is 0 Å². The van der Waals surface area contributed by atoms with E-state index in [4.69, 9.17) is 4.42 Å². The summed E-state index contributed by atoms with van der Waals surface area (Å²) in [6.45, 7) is 0. The number of benzene rings is 9. The van der Waals surface area contributed by atoms with E-state index in [-0.39, 0.29) is 0 Å². The van der Waals surface area contributed by atoms with Gasteiger partial charge in [0.05, 0.1) is 11.0 Å². The number of hydrogen-bond acceptors (Lipinski definition) is 1. The molecular formula is C50H31NO. The van der Waals surface area contributed by atoms with Crippen LogP contribution in [0.1, 0.15) is 0 Å². The molecule has 0 amide bonds. The van der Waals surface area contributed by atoms with E-state index in [0.717, 1.165) is 38.8 Å². The fourth-order valence-corrected chi connectivity index (χ4v) is 8.49. The Labute approximate surface area is 300 Å². The summed E-state index contributed by atoms with van der Waals surface area (Å²) in [5, 5.41) is 9.62. The third kappa shape index (κ3) is 4.25. The van der Waals surface area contributed by atoms with Crippen molar-refractivity contribution < 1.29 is 4.42 Å². The Morgan fingerprint density at radius 2 is 0.981 bits per heavy atom. The maximum absolute atomic E-state index is 6.94. The lowest BCUT2D eigenvalue weighted by atomic mass is 9.86. The number of aromatic nitrogens is 1. The van der Waals surface area contributed by atoms with Gasteiger partial charge < -0.3 is 8.98 Å². The third-order valence-electron chi connectivity index (χ3n) is 10.8. The summed E-state index contributed by atoms with van der Waals surface area (Å²) < 4.78 is 9.34. The zero-order valence-electron chi connectivity index (χ0n) is 28.3. The monoisotopic (exact) mass is 661 g/mol. The Morgan fingerprint density at radius 1 is 0.365 bits per heavy atom. The molecule has 0 fully saturated rings. The summed E-state index contributed by atoms with van der Waals surface area (Å²) in [7, 11) is 0. The first-order chi connectivity index (χ1) is 25.8. The summed E-state index contributed by atoms with van der Waals surface area (Å²) in [5.41, 5.74) is 12.4. The molecule has 0 aliphatic rings. The molecule has 0 spiro atoms. The molecular weight excluding hydrogens is 631 g/mol. The van der Waals surface area contributed by atoms with Gasteiger partial charge in [-0.15, -0.1) is 0 Å². The van der Waals surface area contributed by atoms with Crippen molar-refractivity contribution in [1.29, 1.82) is 0 Å². The van der Waals surface area contributed by atoms with E-state index >= 15 is 0 Å². The lowest BCUT2D eigenvalue weighted by Gasteiger charge is -2.16. The van der Waals surface area contributed by atoms with Gasteiger partial charge in [0.1, 0.15) is 11.2 Å². The first-order valence-electron chi connectivity index (χ1n) is 17.9.